The van der Waals surface area contributed by atoms with Gasteiger partial charge in [-0.05, 0) is 58.2 Å². The topological polar surface area (TPSA) is 138 Å². The molecule has 3 amide bonds. The number of aromatic nitrogens is 4. The zero-order chi connectivity index (χ0) is 29.7. The molecule has 1 aliphatic carbocycles. The van der Waals surface area contributed by atoms with Gasteiger partial charge in [0, 0.05) is 38.8 Å². The molecule has 228 valence electrons. The van der Waals surface area contributed by atoms with E-state index >= 15 is 8.78 Å². The zero-order valence-corrected chi connectivity index (χ0v) is 23.8. The summed E-state index contributed by atoms with van der Waals surface area (Å²) < 4.78 is 40.8. The lowest BCUT2D eigenvalue weighted by Crippen LogP contribution is -2.60. The van der Waals surface area contributed by atoms with Gasteiger partial charge in [0.25, 0.3) is 5.92 Å². The quantitative estimate of drug-likeness (QED) is 0.470. The van der Waals surface area contributed by atoms with Crippen LogP contribution in [0.4, 0.5) is 36.0 Å². The fourth-order valence-electron chi connectivity index (χ4n) is 5.50. The summed E-state index contributed by atoms with van der Waals surface area (Å²) in [5, 5.41) is 5.13. The highest BCUT2D eigenvalue weighted by atomic mass is 19.3. The van der Waals surface area contributed by atoms with E-state index < -0.39 is 30.5 Å². The van der Waals surface area contributed by atoms with Gasteiger partial charge >= 0.3 is 12.1 Å². The van der Waals surface area contributed by atoms with E-state index in [1.165, 1.54) is 38.1 Å². The van der Waals surface area contributed by atoms with Crippen LogP contribution in [0.25, 0.3) is 0 Å². The number of carbonyl (C=O) groups is 2. The Morgan fingerprint density at radius 3 is 2.52 bits per heavy atom. The highest BCUT2D eigenvalue weighted by Gasteiger charge is 2.48. The highest BCUT2D eigenvalue weighted by Crippen LogP contribution is 2.33. The van der Waals surface area contributed by atoms with Gasteiger partial charge in [0.1, 0.15) is 18.0 Å². The molecule has 0 spiro atoms. The Morgan fingerprint density at radius 2 is 1.86 bits per heavy atom. The number of anilines is 3. The van der Waals surface area contributed by atoms with Gasteiger partial charge in [0.2, 0.25) is 11.8 Å². The number of likely N-dealkylation sites (tertiary alicyclic amines) is 1. The van der Waals surface area contributed by atoms with E-state index in [4.69, 9.17) is 9.47 Å². The van der Waals surface area contributed by atoms with Crippen molar-refractivity contribution in [3.05, 3.63) is 24.7 Å². The third kappa shape index (κ3) is 7.12. The summed E-state index contributed by atoms with van der Waals surface area (Å²) in [6.07, 6.45) is 7.72. The van der Waals surface area contributed by atoms with Gasteiger partial charge < -0.3 is 24.2 Å². The van der Waals surface area contributed by atoms with Gasteiger partial charge in [0.05, 0.1) is 19.0 Å². The molecule has 2 aromatic rings. The van der Waals surface area contributed by atoms with Crippen molar-refractivity contribution in [3.63, 3.8) is 0 Å². The standard InChI is InChI=1S/C27H37F2N9O4/c1-3-41-23-16-31-22(15-32-23)34-25(39)36(2)20-17-38(14-10-27(20,28)29)24-30-11-9-21(33-24)35-26(40)42-19-7-5-18(6-8-19)37-12-4-13-37/h9,11,15-16,18-20H,3-8,10,12-14,17H2,1-2H3,(H,31,34,39)(H,30,33,35,40)/t18?,19?,20-/m0/s1. The second-order valence-electron chi connectivity index (χ2n) is 10.8. The number of piperidine rings is 1. The molecule has 0 aromatic carbocycles. The first-order chi connectivity index (χ1) is 20.2. The van der Waals surface area contributed by atoms with Crippen molar-refractivity contribution >= 4 is 29.7 Å². The van der Waals surface area contributed by atoms with Gasteiger partial charge in [0.15, 0.2) is 5.82 Å². The molecule has 3 fully saturated rings. The van der Waals surface area contributed by atoms with E-state index in [0.717, 1.165) is 43.7 Å². The molecule has 0 bridgehead atoms. The first kappa shape index (κ1) is 29.6. The van der Waals surface area contributed by atoms with E-state index in [2.05, 4.69) is 35.5 Å². The molecule has 42 heavy (non-hydrogen) atoms. The van der Waals surface area contributed by atoms with Crippen LogP contribution in [0.3, 0.4) is 0 Å². The number of alkyl halides is 2. The Bertz CT molecular complexity index is 1230. The van der Waals surface area contributed by atoms with Gasteiger partial charge in [-0.25, -0.2) is 33.3 Å². The van der Waals surface area contributed by atoms with E-state index in [-0.39, 0.29) is 42.7 Å². The normalized spacial score (nSPS) is 23.8. The molecule has 13 nitrogen and oxygen atoms in total. The molecule has 2 N–H and O–H groups in total. The van der Waals surface area contributed by atoms with Crippen LogP contribution in [0.15, 0.2) is 24.7 Å². The van der Waals surface area contributed by atoms with Gasteiger partial charge in [-0.3, -0.25) is 10.6 Å². The summed E-state index contributed by atoms with van der Waals surface area (Å²) in [7, 11) is 1.30. The predicted molar refractivity (Wildman–Crippen MR) is 150 cm³/mol. The number of ether oxygens (including phenoxy) is 2. The number of likely N-dealkylation sites (N-methyl/N-ethyl adjacent to an activating group) is 1. The minimum Gasteiger partial charge on any atom is -0.477 e. The maximum Gasteiger partial charge on any atom is 0.413 e. The molecule has 2 aliphatic heterocycles. The largest absolute Gasteiger partial charge is 0.477 e. The second-order valence-corrected chi connectivity index (χ2v) is 10.8. The first-order valence-corrected chi connectivity index (χ1v) is 14.4. The number of amides is 3. The van der Waals surface area contributed by atoms with Crippen molar-refractivity contribution in [1.29, 1.82) is 0 Å². The van der Waals surface area contributed by atoms with Crippen molar-refractivity contribution in [3.8, 4) is 5.88 Å². The van der Waals surface area contributed by atoms with E-state index in [9.17, 15) is 9.59 Å². The molecule has 1 atom stereocenters. The lowest BCUT2D eigenvalue weighted by Gasteiger charge is -2.42. The highest BCUT2D eigenvalue weighted by molar-refractivity contribution is 5.88. The number of nitrogens with zero attached hydrogens (tertiary/aromatic N) is 7. The molecular formula is C27H37F2N9O4. The fourth-order valence-corrected chi connectivity index (χ4v) is 5.50. The third-order valence-electron chi connectivity index (χ3n) is 8.02. The fraction of sp³-hybridized carbons (Fsp3) is 0.630. The molecule has 3 aliphatic rings. The number of rotatable bonds is 8. The minimum absolute atomic E-state index is 0.0303. The van der Waals surface area contributed by atoms with Gasteiger partial charge in [-0.1, -0.05) is 0 Å². The molecule has 5 rings (SSSR count). The first-order valence-electron chi connectivity index (χ1n) is 14.4. The van der Waals surface area contributed by atoms with E-state index in [1.807, 2.05) is 0 Å². The Labute approximate surface area is 243 Å². The van der Waals surface area contributed by atoms with Crippen LogP contribution in [-0.2, 0) is 4.74 Å². The monoisotopic (exact) mass is 589 g/mol. The lowest BCUT2D eigenvalue weighted by molar-refractivity contribution is -0.0760. The van der Waals surface area contributed by atoms with Crippen LogP contribution >= 0.6 is 0 Å². The van der Waals surface area contributed by atoms with Crippen LogP contribution in [-0.4, -0.2) is 106 Å². The average Bonchev–Trinajstić information content (AvgIpc) is 2.94. The van der Waals surface area contributed by atoms with Crippen LogP contribution < -0.4 is 20.3 Å². The summed E-state index contributed by atoms with van der Waals surface area (Å²) in [5.41, 5.74) is 0. The Balaban J connectivity index is 1.16. The maximum atomic E-state index is 15.0. The van der Waals surface area contributed by atoms with Crippen molar-refractivity contribution in [1.82, 2.24) is 29.7 Å². The Morgan fingerprint density at radius 1 is 1.07 bits per heavy atom. The van der Waals surface area contributed by atoms with E-state index in [0.29, 0.717) is 12.6 Å². The minimum atomic E-state index is -3.15. The zero-order valence-electron chi connectivity index (χ0n) is 23.8. The Kier molecular flexibility index (Phi) is 9.14. The summed E-state index contributed by atoms with van der Waals surface area (Å²) in [5.74, 6) is -2.40. The van der Waals surface area contributed by atoms with Crippen LogP contribution in [0, 0.1) is 0 Å². The molecule has 2 aromatic heterocycles. The molecule has 15 heteroatoms. The smallest absolute Gasteiger partial charge is 0.413 e. The molecule has 0 unspecified atom stereocenters. The van der Waals surface area contributed by atoms with Crippen molar-refractivity contribution in [2.75, 3.05) is 55.4 Å². The van der Waals surface area contributed by atoms with Gasteiger partial charge in [-0.2, -0.15) is 4.98 Å². The summed E-state index contributed by atoms with van der Waals surface area (Å²) in [6, 6.07) is -0.145. The average molecular weight is 590 g/mol. The molecule has 0 radical (unpaired) electrons. The Hall–Kier alpha value is -3.88. The van der Waals surface area contributed by atoms with Crippen molar-refractivity contribution in [2.45, 2.75) is 69.6 Å². The SMILES string of the molecule is CCOc1cnc(NC(=O)N(C)[C@H]2CN(c3nccc(NC(=O)OC4CCC(N5CCC5)CC4)n3)CCC2(F)F)cn1. The van der Waals surface area contributed by atoms with Crippen molar-refractivity contribution < 1.29 is 27.8 Å². The van der Waals surface area contributed by atoms with E-state index in [1.54, 1.807) is 11.8 Å². The summed E-state index contributed by atoms with van der Waals surface area (Å²) in [4.78, 5) is 47.0. The molecule has 4 heterocycles. The summed E-state index contributed by atoms with van der Waals surface area (Å²) >= 11 is 0. The maximum absolute atomic E-state index is 15.0. The number of hydrogen-bond acceptors (Lipinski definition) is 10. The molecule has 2 saturated heterocycles. The summed E-state index contributed by atoms with van der Waals surface area (Å²) in [6.45, 7) is 4.27. The number of halogens is 2. The van der Waals surface area contributed by atoms with Gasteiger partial charge in [-0.15, -0.1) is 0 Å². The van der Waals surface area contributed by atoms with Crippen LogP contribution in [0.5, 0.6) is 5.88 Å². The van der Waals surface area contributed by atoms with Crippen LogP contribution in [0.1, 0.15) is 45.4 Å². The molecule has 1 saturated carbocycles. The number of carbonyl (C=O) groups excluding carboxylic acids is 2. The number of hydrogen-bond donors (Lipinski definition) is 2. The van der Waals surface area contributed by atoms with Crippen LogP contribution in [0.2, 0.25) is 0 Å². The third-order valence-corrected chi connectivity index (χ3v) is 8.02. The molecular weight excluding hydrogens is 552 g/mol. The number of urea groups is 1. The second kappa shape index (κ2) is 13.0. The number of nitrogens with one attached hydrogen (secondary N) is 2. The van der Waals surface area contributed by atoms with Crippen molar-refractivity contribution in [2.24, 2.45) is 0 Å². The predicted octanol–water partition coefficient (Wildman–Crippen LogP) is 3.61. The lowest BCUT2D eigenvalue weighted by atomic mass is 9.90.